The third-order valence-electron chi connectivity index (χ3n) is 6.30. The number of rotatable bonds is 5. The summed E-state index contributed by atoms with van der Waals surface area (Å²) in [6, 6.07) is 7.64. The van der Waals surface area contributed by atoms with Crippen molar-refractivity contribution < 1.29 is 14.3 Å². The van der Waals surface area contributed by atoms with Crippen LogP contribution in [0, 0.1) is 5.82 Å². The van der Waals surface area contributed by atoms with Crippen LogP contribution in [0.25, 0.3) is 17.3 Å². The molecule has 2 aliphatic rings. The van der Waals surface area contributed by atoms with Crippen LogP contribution in [0.2, 0.25) is 0 Å². The fourth-order valence-electron chi connectivity index (χ4n) is 4.56. The molecule has 31 heavy (non-hydrogen) atoms. The summed E-state index contributed by atoms with van der Waals surface area (Å²) in [6.07, 6.45) is 8.45. The van der Waals surface area contributed by atoms with Crippen molar-refractivity contribution >= 4 is 17.8 Å². The first-order valence-corrected chi connectivity index (χ1v) is 10.7. The van der Waals surface area contributed by atoms with E-state index in [1.165, 1.54) is 50.6 Å². The Labute approximate surface area is 181 Å². The number of benzene rings is 1. The minimum Gasteiger partial charge on any atom is -0.507 e. The molecule has 4 rings (SSSR count). The molecule has 1 amide bonds. The molecule has 1 aromatic heterocycles. The van der Waals surface area contributed by atoms with Crippen LogP contribution in [0.1, 0.15) is 37.7 Å². The lowest BCUT2D eigenvalue weighted by Crippen LogP contribution is -2.54. The van der Waals surface area contributed by atoms with Gasteiger partial charge >= 0.3 is 0 Å². The fourth-order valence-corrected chi connectivity index (χ4v) is 4.56. The molecule has 2 aromatic rings. The number of fused-ring (bicyclic) bond motifs is 2. The number of carbonyl (C=O) groups is 1. The molecule has 3 heterocycles. The molecular weight excluding hydrogens is 397 g/mol. The standard InChI is InChI=1S/C23H28FN5O2/c1-25-23(31)9-6-14-10-21(30)18(13-19(14)24)20-7-8-22(28-27-20)29(2)17-11-15-4-3-5-16(12-17)26-15/h6-10,13,15-17,26,30H,3-5,11-12H2,1-2H3,(H,25,31)/b9-6+. The number of piperidine rings is 2. The van der Waals surface area contributed by atoms with Crippen LogP contribution in [-0.4, -0.2) is 53.4 Å². The summed E-state index contributed by atoms with van der Waals surface area (Å²) in [5.41, 5.74) is 0.760. The first-order chi connectivity index (χ1) is 14.9. The Balaban J connectivity index is 1.51. The van der Waals surface area contributed by atoms with E-state index in [0.717, 1.165) is 18.7 Å². The Morgan fingerprint density at radius 3 is 2.65 bits per heavy atom. The fraction of sp³-hybridized carbons (Fsp3) is 0.435. The average Bonchev–Trinajstić information content (AvgIpc) is 2.78. The van der Waals surface area contributed by atoms with Gasteiger partial charge < -0.3 is 20.6 Å². The number of aromatic hydroxyl groups is 1. The van der Waals surface area contributed by atoms with Crippen LogP contribution >= 0.6 is 0 Å². The summed E-state index contributed by atoms with van der Waals surface area (Å²) in [4.78, 5) is 13.5. The van der Waals surface area contributed by atoms with E-state index in [1.54, 1.807) is 6.07 Å². The van der Waals surface area contributed by atoms with E-state index in [4.69, 9.17) is 0 Å². The van der Waals surface area contributed by atoms with Gasteiger partial charge in [-0.3, -0.25) is 4.79 Å². The lowest BCUT2D eigenvalue weighted by atomic mass is 9.83. The summed E-state index contributed by atoms with van der Waals surface area (Å²) < 4.78 is 14.5. The van der Waals surface area contributed by atoms with Crippen molar-refractivity contribution in [1.82, 2.24) is 20.8 Å². The van der Waals surface area contributed by atoms with Crippen molar-refractivity contribution in [3.63, 3.8) is 0 Å². The van der Waals surface area contributed by atoms with Crippen LogP contribution in [0.3, 0.4) is 0 Å². The van der Waals surface area contributed by atoms with Crippen molar-refractivity contribution in [3.05, 3.63) is 41.7 Å². The molecule has 2 bridgehead atoms. The molecule has 2 unspecified atom stereocenters. The van der Waals surface area contributed by atoms with Crippen molar-refractivity contribution in [3.8, 4) is 17.0 Å². The number of likely N-dealkylation sites (N-methyl/N-ethyl adjacent to an activating group) is 1. The molecule has 8 heteroatoms. The van der Waals surface area contributed by atoms with Crippen molar-refractivity contribution in [1.29, 1.82) is 0 Å². The third kappa shape index (κ3) is 4.69. The number of carbonyl (C=O) groups excluding carboxylic acids is 1. The van der Waals surface area contributed by atoms with Gasteiger partial charge in [0, 0.05) is 49.4 Å². The van der Waals surface area contributed by atoms with Gasteiger partial charge in [0.2, 0.25) is 5.91 Å². The lowest BCUT2D eigenvalue weighted by molar-refractivity contribution is -0.115. The summed E-state index contributed by atoms with van der Waals surface area (Å²) in [5, 5.41) is 25.1. The van der Waals surface area contributed by atoms with Gasteiger partial charge in [-0.15, -0.1) is 10.2 Å². The minimum absolute atomic E-state index is 0.116. The van der Waals surface area contributed by atoms with Crippen molar-refractivity contribution in [2.75, 3.05) is 19.0 Å². The predicted molar refractivity (Wildman–Crippen MR) is 118 cm³/mol. The minimum atomic E-state index is -0.558. The number of phenolic OH excluding ortho intramolecular Hbond substituents is 1. The van der Waals surface area contributed by atoms with Gasteiger partial charge in [0.1, 0.15) is 11.6 Å². The number of nitrogens with zero attached hydrogens (tertiary/aromatic N) is 3. The Bertz CT molecular complexity index is 967. The number of phenols is 1. The van der Waals surface area contributed by atoms with Gasteiger partial charge in [0.15, 0.2) is 5.82 Å². The highest BCUT2D eigenvalue weighted by Gasteiger charge is 2.33. The Morgan fingerprint density at radius 1 is 1.26 bits per heavy atom. The van der Waals surface area contributed by atoms with Gasteiger partial charge in [-0.05, 0) is 56.0 Å². The number of halogens is 1. The summed E-state index contributed by atoms with van der Waals surface area (Å²) in [6.45, 7) is 0. The predicted octanol–water partition coefficient (Wildman–Crippen LogP) is 2.86. The van der Waals surface area contributed by atoms with Crippen LogP contribution in [0.15, 0.2) is 30.3 Å². The second-order valence-corrected chi connectivity index (χ2v) is 8.34. The zero-order valence-electron chi connectivity index (χ0n) is 17.8. The maximum absolute atomic E-state index is 14.5. The Kier molecular flexibility index (Phi) is 6.18. The first-order valence-electron chi connectivity index (χ1n) is 10.7. The molecule has 0 spiro atoms. The van der Waals surface area contributed by atoms with Gasteiger partial charge in [-0.1, -0.05) is 6.42 Å². The quantitative estimate of drug-likeness (QED) is 0.639. The maximum atomic E-state index is 14.5. The number of amides is 1. The smallest absolute Gasteiger partial charge is 0.243 e. The SMILES string of the molecule is CNC(=O)/C=C/c1cc(O)c(-c2ccc(N(C)C3CC4CCCC(C3)N4)nn2)cc1F. The molecule has 2 saturated heterocycles. The Hall–Kier alpha value is -3.00. The normalized spacial score (nSPS) is 23.0. The summed E-state index contributed by atoms with van der Waals surface area (Å²) >= 11 is 0. The molecule has 164 valence electrons. The van der Waals surface area contributed by atoms with E-state index in [2.05, 4.69) is 25.7 Å². The summed E-state index contributed by atoms with van der Waals surface area (Å²) in [7, 11) is 3.53. The zero-order valence-corrected chi connectivity index (χ0v) is 17.8. The van der Waals surface area contributed by atoms with E-state index in [9.17, 15) is 14.3 Å². The highest BCUT2D eigenvalue weighted by atomic mass is 19.1. The van der Waals surface area contributed by atoms with Crippen molar-refractivity contribution in [2.45, 2.75) is 50.2 Å². The highest BCUT2D eigenvalue weighted by Crippen LogP contribution is 2.33. The van der Waals surface area contributed by atoms with Crippen LogP contribution < -0.4 is 15.5 Å². The molecule has 7 nitrogen and oxygen atoms in total. The van der Waals surface area contributed by atoms with Gasteiger partial charge in [-0.25, -0.2) is 4.39 Å². The molecule has 3 N–H and O–H groups in total. The Morgan fingerprint density at radius 2 is 2.00 bits per heavy atom. The summed E-state index contributed by atoms with van der Waals surface area (Å²) in [5.74, 6) is -0.276. The maximum Gasteiger partial charge on any atom is 0.243 e. The molecule has 0 saturated carbocycles. The molecule has 0 radical (unpaired) electrons. The average molecular weight is 426 g/mol. The van der Waals surface area contributed by atoms with E-state index >= 15 is 0 Å². The number of hydrogen-bond acceptors (Lipinski definition) is 6. The van der Waals surface area contributed by atoms with E-state index < -0.39 is 5.82 Å². The van der Waals surface area contributed by atoms with E-state index in [1.807, 2.05) is 13.1 Å². The molecule has 2 aliphatic heterocycles. The second kappa shape index (κ2) is 9.01. The first kappa shape index (κ1) is 21.2. The van der Waals surface area contributed by atoms with Crippen LogP contribution in [0.5, 0.6) is 5.75 Å². The number of aromatic nitrogens is 2. The monoisotopic (exact) mass is 425 g/mol. The van der Waals surface area contributed by atoms with Gasteiger partial charge in [0.25, 0.3) is 0 Å². The topological polar surface area (TPSA) is 90.4 Å². The van der Waals surface area contributed by atoms with Crippen LogP contribution in [0.4, 0.5) is 10.2 Å². The van der Waals surface area contributed by atoms with E-state index in [-0.39, 0.29) is 22.8 Å². The molecule has 2 fully saturated rings. The lowest BCUT2D eigenvalue weighted by Gasteiger charge is -2.43. The van der Waals surface area contributed by atoms with Gasteiger partial charge in [0.05, 0.1) is 5.69 Å². The molecule has 0 aliphatic carbocycles. The second-order valence-electron chi connectivity index (χ2n) is 8.34. The number of anilines is 1. The zero-order chi connectivity index (χ0) is 22.0. The largest absolute Gasteiger partial charge is 0.507 e. The van der Waals surface area contributed by atoms with Crippen molar-refractivity contribution in [2.24, 2.45) is 0 Å². The molecule has 2 atom stereocenters. The number of nitrogens with one attached hydrogen (secondary N) is 2. The molecule has 1 aromatic carbocycles. The van der Waals surface area contributed by atoms with Crippen LogP contribution in [-0.2, 0) is 4.79 Å². The van der Waals surface area contributed by atoms with E-state index in [0.29, 0.717) is 23.8 Å². The number of hydrogen-bond donors (Lipinski definition) is 3. The molecular formula is C23H28FN5O2. The van der Waals surface area contributed by atoms with Gasteiger partial charge in [-0.2, -0.15) is 0 Å². The highest BCUT2D eigenvalue weighted by molar-refractivity contribution is 5.91. The third-order valence-corrected chi connectivity index (χ3v) is 6.30.